The molecule has 34 heavy (non-hydrogen) atoms. The van der Waals surface area contributed by atoms with E-state index in [9.17, 15) is 19.2 Å². The molecule has 0 bridgehead atoms. The van der Waals surface area contributed by atoms with E-state index in [0.29, 0.717) is 47.3 Å². The summed E-state index contributed by atoms with van der Waals surface area (Å²) >= 11 is 0. The molecule has 8 heteroatoms. The van der Waals surface area contributed by atoms with Crippen LogP contribution in [0.5, 0.6) is 0 Å². The maximum absolute atomic E-state index is 14.4. The Morgan fingerprint density at radius 3 is 2.62 bits per heavy atom. The zero-order valence-electron chi connectivity index (χ0n) is 19.0. The minimum Gasteiger partial charge on any atom is -0.383 e. The highest BCUT2D eigenvalue weighted by molar-refractivity contribution is 6.20. The number of hydrazine groups is 1. The summed E-state index contributed by atoms with van der Waals surface area (Å²) in [4.78, 5) is 29.4. The van der Waals surface area contributed by atoms with E-state index >= 15 is 0 Å². The van der Waals surface area contributed by atoms with E-state index in [2.05, 4.69) is 6.07 Å². The smallest absolute Gasteiger partial charge is 0.248 e. The lowest BCUT2D eigenvalue weighted by molar-refractivity contribution is -0.124. The van der Waals surface area contributed by atoms with Gasteiger partial charge in [-0.1, -0.05) is 30.3 Å². The number of fused-ring (bicyclic) bond motifs is 3. The van der Waals surface area contributed by atoms with Crippen LogP contribution in [-0.4, -0.2) is 35.8 Å². The average Bonchev–Trinajstić information content (AvgIpc) is 3.03. The number of nitrogens with two attached hydrogens (primary N) is 1. The topological polar surface area (TPSA) is 93.7 Å². The summed E-state index contributed by atoms with van der Waals surface area (Å²) < 4.78 is 13.9. The van der Waals surface area contributed by atoms with Gasteiger partial charge in [0.05, 0.1) is 12.1 Å². The molecule has 0 aromatic heterocycles. The molecule has 2 aliphatic heterocycles. The van der Waals surface area contributed by atoms with E-state index < -0.39 is 17.1 Å². The number of carbonyl (C=O) groups is 2. The number of amides is 1. The molecule has 1 atom stereocenters. The van der Waals surface area contributed by atoms with Crippen LogP contribution in [0.2, 0.25) is 0 Å². The van der Waals surface area contributed by atoms with E-state index in [1.165, 1.54) is 17.0 Å². The number of nitriles is 1. The molecule has 1 spiro atoms. The average molecular weight is 458 g/mol. The second-order valence-electron chi connectivity index (χ2n) is 8.92. The van der Waals surface area contributed by atoms with E-state index in [-0.39, 0.29) is 23.7 Å². The first kappa shape index (κ1) is 21.9. The highest BCUT2D eigenvalue weighted by Gasteiger charge is 2.62. The molecule has 1 aliphatic carbocycles. The van der Waals surface area contributed by atoms with Crippen LogP contribution in [0.1, 0.15) is 30.4 Å². The van der Waals surface area contributed by atoms with E-state index in [1.54, 1.807) is 60.5 Å². The lowest BCUT2D eigenvalue weighted by Crippen LogP contribution is -2.54. The number of para-hydroxylation sites is 1. The quantitative estimate of drug-likeness (QED) is 0.761. The van der Waals surface area contributed by atoms with Crippen molar-refractivity contribution >= 4 is 17.4 Å². The van der Waals surface area contributed by atoms with Crippen molar-refractivity contribution in [2.24, 2.45) is 5.73 Å². The fourth-order valence-electron chi connectivity index (χ4n) is 5.54. The Balaban J connectivity index is 1.80. The third-order valence-electron chi connectivity index (χ3n) is 6.78. The van der Waals surface area contributed by atoms with Gasteiger partial charge >= 0.3 is 0 Å². The van der Waals surface area contributed by atoms with Gasteiger partial charge in [-0.3, -0.25) is 14.6 Å². The molecule has 1 amide bonds. The molecule has 0 fully saturated rings. The predicted molar refractivity (Wildman–Crippen MR) is 124 cm³/mol. The molecule has 2 aromatic rings. The Bertz CT molecular complexity index is 1340. The first-order chi connectivity index (χ1) is 16.3. The van der Waals surface area contributed by atoms with Crippen LogP contribution in [0, 0.1) is 17.1 Å². The minimum atomic E-state index is -1.62. The van der Waals surface area contributed by atoms with Gasteiger partial charge in [0.2, 0.25) is 5.91 Å². The second kappa shape index (κ2) is 7.82. The first-order valence-corrected chi connectivity index (χ1v) is 11.1. The van der Waals surface area contributed by atoms with Crippen LogP contribution in [0.15, 0.2) is 71.2 Å². The van der Waals surface area contributed by atoms with Crippen molar-refractivity contribution in [3.63, 3.8) is 0 Å². The molecule has 2 N–H and O–H groups in total. The number of rotatable bonds is 3. The maximum atomic E-state index is 14.4. The summed E-state index contributed by atoms with van der Waals surface area (Å²) in [6.45, 7) is 0.0994. The number of hydrogen-bond acceptors (Lipinski definition) is 6. The van der Waals surface area contributed by atoms with Gasteiger partial charge in [-0.15, -0.1) is 0 Å². The summed E-state index contributed by atoms with van der Waals surface area (Å²) in [5.74, 6) is -0.847. The number of ketones is 1. The number of anilines is 1. The van der Waals surface area contributed by atoms with Gasteiger partial charge in [0.25, 0.3) is 0 Å². The molecule has 2 heterocycles. The molecule has 7 nitrogen and oxygen atoms in total. The van der Waals surface area contributed by atoms with Gasteiger partial charge in [0.15, 0.2) is 5.78 Å². The number of benzene rings is 2. The van der Waals surface area contributed by atoms with Crippen LogP contribution in [0.3, 0.4) is 0 Å². The van der Waals surface area contributed by atoms with Gasteiger partial charge in [0.1, 0.15) is 23.1 Å². The molecular formula is C26H24FN5O2. The normalized spacial score (nSPS) is 22.0. The van der Waals surface area contributed by atoms with Crippen LogP contribution < -0.4 is 10.6 Å². The second-order valence-corrected chi connectivity index (χ2v) is 8.92. The standard InChI is InChI=1S/C26H24FN5O2/c1-30(2)32-21-11-6-12-22(33)23(21)26(19(14-28)24(32)29)18-9-3-4-10-20(18)31(25(26)34)15-16-7-5-8-17(27)13-16/h3-5,7-10,13H,6,11-12,15,29H2,1-2H3/t26-/m1/s1. The van der Waals surface area contributed by atoms with Crippen molar-refractivity contribution in [1.29, 1.82) is 5.26 Å². The Hall–Kier alpha value is -3.96. The SMILES string of the molecule is CN(C)N1C(N)=C(C#N)[C@@]2(C(=O)N(Cc3cccc(F)c3)c3ccccc32)C2=C1CCCC2=O. The lowest BCUT2D eigenvalue weighted by atomic mass is 9.64. The van der Waals surface area contributed by atoms with Crippen molar-refractivity contribution in [1.82, 2.24) is 10.0 Å². The monoisotopic (exact) mass is 457 g/mol. The number of nitrogens with zero attached hydrogens (tertiary/aromatic N) is 4. The summed E-state index contributed by atoms with van der Waals surface area (Å²) in [6.07, 6.45) is 1.48. The molecule has 2 aromatic carbocycles. The molecular weight excluding hydrogens is 433 g/mol. The van der Waals surface area contributed by atoms with E-state index in [4.69, 9.17) is 5.73 Å². The van der Waals surface area contributed by atoms with Gasteiger partial charge < -0.3 is 10.6 Å². The molecule has 0 radical (unpaired) electrons. The van der Waals surface area contributed by atoms with Crippen molar-refractivity contribution in [3.8, 4) is 6.07 Å². The van der Waals surface area contributed by atoms with Crippen LogP contribution >= 0.6 is 0 Å². The summed E-state index contributed by atoms with van der Waals surface area (Å²) in [5, 5.41) is 13.7. The predicted octanol–water partition coefficient (Wildman–Crippen LogP) is 3.10. The Labute approximate surface area is 197 Å². The third kappa shape index (κ3) is 2.83. The molecule has 5 rings (SSSR count). The fourth-order valence-corrected chi connectivity index (χ4v) is 5.54. The van der Waals surface area contributed by atoms with Crippen LogP contribution in [0.25, 0.3) is 0 Å². The zero-order chi connectivity index (χ0) is 24.2. The van der Waals surface area contributed by atoms with Gasteiger partial charge in [-0.05, 0) is 36.6 Å². The number of Topliss-reactive ketones (excluding diaryl/α,β-unsaturated/α-hetero) is 1. The van der Waals surface area contributed by atoms with Gasteiger partial charge in [0, 0.05) is 43.0 Å². The summed E-state index contributed by atoms with van der Waals surface area (Å²) in [7, 11) is 3.56. The largest absolute Gasteiger partial charge is 0.383 e. The van der Waals surface area contributed by atoms with E-state index in [0.717, 1.165) is 0 Å². The molecule has 0 unspecified atom stereocenters. The number of hydrogen-bond donors (Lipinski definition) is 1. The number of halogens is 1. The maximum Gasteiger partial charge on any atom is 0.248 e. The first-order valence-electron chi connectivity index (χ1n) is 11.1. The fraction of sp³-hybridized carbons (Fsp3) is 0.269. The van der Waals surface area contributed by atoms with Crippen molar-refractivity contribution in [3.05, 3.63) is 88.1 Å². The number of carbonyl (C=O) groups excluding carboxylic acids is 2. The van der Waals surface area contributed by atoms with Crippen molar-refractivity contribution < 1.29 is 14.0 Å². The third-order valence-corrected chi connectivity index (χ3v) is 6.78. The highest BCUT2D eigenvalue weighted by atomic mass is 19.1. The summed E-state index contributed by atoms with van der Waals surface area (Å²) in [6, 6.07) is 15.4. The zero-order valence-corrected chi connectivity index (χ0v) is 19.0. The number of allylic oxidation sites excluding steroid dienone is 1. The Morgan fingerprint density at radius 2 is 1.91 bits per heavy atom. The molecule has 3 aliphatic rings. The van der Waals surface area contributed by atoms with Crippen molar-refractivity contribution in [2.75, 3.05) is 19.0 Å². The van der Waals surface area contributed by atoms with Crippen LogP contribution in [-0.2, 0) is 21.5 Å². The van der Waals surface area contributed by atoms with Gasteiger partial charge in [-0.2, -0.15) is 5.26 Å². The Morgan fingerprint density at radius 1 is 1.15 bits per heavy atom. The molecule has 0 saturated heterocycles. The van der Waals surface area contributed by atoms with Crippen LogP contribution in [0.4, 0.5) is 10.1 Å². The van der Waals surface area contributed by atoms with Crippen molar-refractivity contribution in [2.45, 2.75) is 31.2 Å². The van der Waals surface area contributed by atoms with Gasteiger partial charge in [-0.25, -0.2) is 9.40 Å². The minimum absolute atomic E-state index is 0.0365. The summed E-state index contributed by atoms with van der Waals surface area (Å²) in [5.41, 5.74) is 7.67. The van der Waals surface area contributed by atoms with E-state index in [1.807, 2.05) is 0 Å². The molecule has 0 saturated carbocycles. The lowest BCUT2D eigenvalue weighted by Gasteiger charge is -2.45. The molecule has 172 valence electrons. The Kier molecular flexibility index (Phi) is 5.03. The highest BCUT2D eigenvalue weighted by Crippen LogP contribution is 2.56.